The first-order valence-corrected chi connectivity index (χ1v) is 8.70. The Kier molecular flexibility index (Phi) is 5.41. The predicted octanol–water partition coefficient (Wildman–Crippen LogP) is 4.19. The van der Waals surface area contributed by atoms with Crippen LogP contribution in [-0.4, -0.2) is 21.9 Å². The van der Waals surface area contributed by atoms with Crippen LogP contribution in [-0.2, 0) is 9.59 Å². The van der Waals surface area contributed by atoms with E-state index in [-0.39, 0.29) is 11.6 Å². The van der Waals surface area contributed by atoms with Gasteiger partial charge < -0.3 is 15.8 Å². The number of fused-ring (bicyclic) bond motifs is 1. The highest BCUT2D eigenvalue weighted by atomic mass is 35.5. The van der Waals surface area contributed by atoms with Crippen LogP contribution in [0.5, 0.6) is 5.88 Å². The van der Waals surface area contributed by atoms with Gasteiger partial charge in [0, 0.05) is 5.39 Å². The molecule has 2 unspecified atom stereocenters. The summed E-state index contributed by atoms with van der Waals surface area (Å²) >= 11 is 5.97. The summed E-state index contributed by atoms with van der Waals surface area (Å²) in [5.41, 5.74) is 6.77. The number of hydrogen-bond donors (Lipinski definition) is 3. The second kappa shape index (κ2) is 7.77. The Balaban J connectivity index is 1.91. The molecule has 2 amide bonds. The number of halogens is 2. The van der Waals surface area contributed by atoms with Gasteiger partial charge in [-0.25, -0.2) is 4.39 Å². The normalized spacial score (nSPS) is 13.7. The van der Waals surface area contributed by atoms with Crippen LogP contribution in [0.4, 0.5) is 10.1 Å². The Morgan fingerprint density at radius 3 is 2.46 bits per heavy atom. The van der Waals surface area contributed by atoms with Gasteiger partial charge in [0.25, 0.3) is 5.91 Å². The maximum Gasteiger partial charge on any atom is 0.271 e. The summed E-state index contributed by atoms with van der Waals surface area (Å²) in [5.74, 6) is -2.62. The fourth-order valence-corrected chi connectivity index (χ4v) is 2.82. The fraction of sp³-hybridized carbons (Fsp3) is 0.158. The van der Waals surface area contributed by atoms with Crippen molar-refractivity contribution in [1.29, 1.82) is 0 Å². The number of carbonyl (C=O) groups is 2. The number of amides is 2. The standard InChI is InChI=1S/C19H16ClFN4O3/c1-9(10-2-5-12(21)6-3-10)18(27)25-24-16-13-8-11(15(20)17(22)26)4-7-14(13)23-19(16)28/h2-9,15,23,28H,1H3,(H2,22,26). The molecule has 1 aromatic heterocycles. The summed E-state index contributed by atoms with van der Waals surface area (Å²) in [6.45, 7) is 1.62. The zero-order valence-corrected chi connectivity index (χ0v) is 15.4. The van der Waals surface area contributed by atoms with Gasteiger partial charge in [-0.05, 0) is 42.3 Å². The summed E-state index contributed by atoms with van der Waals surface area (Å²) in [7, 11) is 0. The topological polar surface area (TPSA) is 121 Å². The monoisotopic (exact) mass is 402 g/mol. The van der Waals surface area contributed by atoms with E-state index >= 15 is 0 Å². The second-order valence-electron chi connectivity index (χ2n) is 6.20. The van der Waals surface area contributed by atoms with Crippen LogP contribution in [0.1, 0.15) is 29.3 Å². The first-order valence-electron chi connectivity index (χ1n) is 8.27. The molecule has 0 fully saturated rings. The number of aromatic hydroxyl groups is 1. The Morgan fingerprint density at radius 2 is 1.82 bits per heavy atom. The largest absolute Gasteiger partial charge is 0.493 e. The zero-order valence-electron chi connectivity index (χ0n) is 14.7. The van der Waals surface area contributed by atoms with Gasteiger partial charge in [-0.1, -0.05) is 18.2 Å². The van der Waals surface area contributed by atoms with Gasteiger partial charge in [-0.3, -0.25) is 9.59 Å². The molecule has 7 nitrogen and oxygen atoms in total. The van der Waals surface area contributed by atoms with Gasteiger partial charge in [-0.15, -0.1) is 21.8 Å². The summed E-state index contributed by atoms with van der Waals surface area (Å²) in [4.78, 5) is 26.3. The van der Waals surface area contributed by atoms with Crippen molar-refractivity contribution in [1.82, 2.24) is 4.98 Å². The van der Waals surface area contributed by atoms with Crippen LogP contribution < -0.4 is 5.73 Å². The quantitative estimate of drug-likeness (QED) is 0.438. The maximum atomic E-state index is 13.0. The van der Waals surface area contributed by atoms with E-state index in [1.54, 1.807) is 19.1 Å². The summed E-state index contributed by atoms with van der Waals surface area (Å²) in [5, 5.41) is 17.0. The molecule has 0 radical (unpaired) electrons. The summed E-state index contributed by atoms with van der Waals surface area (Å²) < 4.78 is 13.0. The lowest BCUT2D eigenvalue weighted by molar-refractivity contribution is -0.119. The number of rotatable bonds is 5. The lowest BCUT2D eigenvalue weighted by atomic mass is 10.0. The first-order chi connectivity index (χ1) is 13.3. The molecule has 3 aromatic rings. The molecule has 28 heavy (non-hydrogen) atoms. The predicted molar refractivity (Wildman–Crippen MR) is 102 cm³/mol. The second-order valence-corrected chi connectivity index (χ2v) is 6.64. The molecule has 2 atom stereocenters. The number of nitrogens with zero attached hydrogens (tertiary/aromatic N) is 2. The van der Waals surface area contributed by atoms with E-state index < -0.39 is 28.9 Å². The third-order valence-electron chi connectivity index (χ3n) is 4.31. The Morgan fingerprint density at radius 1 is 1.18 bits per heavy atom. The van der Waals surface area contributed by atoms with Crippen molar-refractivity contribution in [3.8, 4) is 5.88 Å². The number of benzene rings is 2. The maximum absolute atomic E-state index is 13.0. The minimum absolute atomic E-state index is 0.0323. The number of primary amides is 1. The number of aromatic nitrogens is 1. The van der Waals surface area contributed by atoms with E-state index in [1.165, 1.54) is 30.3 Å². The van der Waals surface area contributed by atoms with E-state index in [0.717, 1.165) is 0 Å². The molecule has 3 rings (SSSR count). The van der Waals surface area contributed by atoms with Crippen molar-refractivity contribution in [2.24, 2.45) is 16.0 Å². The fourth-order valence-electron chi connectivity index (χ4n) is 2.68. The lowest BCUT2D eigenvalue weighted by Crippen LogP contribution is -2.16. The molecule has 144 valence electrons. The molecule has 0 saturated heterocycles. The number of hydrogen-bond acceptors (Lipinski definition) is 4. The molecule has 0 aliphatic heterocycles. The Hall–Kier alpha value is -3.26. The average Bonchev–Trinajstić information content (AvgIpc) is 2.99. The smallest absolute Gasteiger partial charge is 0.271 e. The molecule has 0 saturated carbocycles. The van der Waals surface area contributed by atoms with Gasteiger partial charge in [-0.2, -0.15) is 0 Å². The van der Waals surface area contributed by atoms with E-state index in [1.807, 2.05) is 0 Å². The number of aromatic amines is 1. The average molecular weight is 403 g/mol. The number of azo groups is 1. The van der Waals surface area contributed by atoms with E-state index in [9.17, 15) is 19.1 Å². The number of nitrogens with one attached hydrogen (secondary N) is 1. The van der Waals surface area contributed by atoms with Crippen molar-refractivity contribution in [2.75, 3.05) is 0 Å². The third kappa shape index (κ3) is 3.86. The van der Waals surface area contributed by atoms with Crippen LogP contribution in [0.15, 0.2) is 52.7 Å². The molecule has 0 aliphatic rings. The number of alkyl halides is 1. The minimum atomic E-state index is -1.05. The highest BCUT2D eigenvalue weighted by Crippen LogP contribution is 2.37. The molecule has 9 heteroatoms. The molecular weight excluding hydrogens is 387 g/mol. The first kappa shape index (κ1) is 19.5. The lowest BCUT2D eigenvalue weighted by Gasteiger charge is -2.06. The molecule has 0 bridgehead atoms. The van der Waals surface area contributed by atoms with Crippen LogP contribution in [0.25, 0.3) is 10.9 Å². The Labute approximate surface area is 164 Å². The molecule has 0 aliphatic carbocycles. The van der Waals surface area contributed by atoms with Gasteiger partial charge in [0.05, 0.1) is 11.4 Å². The van der Waals surface area contributed by atoms with Crippen LogP contribution in [0.2, 0.25) is 0 Å². The van der Waals surface area contributed by atoms with Crippen molar-refractivity contribution in [2.45, 2.75) is 18.2 Å². The van der Waals surface area contributed by atoms with Crippen molar-refractivity contribution in [3.63, 3.8) is 0 Å². The van der Waals surface area contributed by atoms with Gasteiger partial charge in [0.1, 0.15) is 11.2 Å². The number of carbonyl (C=O) groups excluding carboxylic acids is 2. The Bertz CT molecular complexity index is 1080. The van der Waals surface area contributed by atoms with E-state index in [2.05, 4.69) is 15.2 Å². The van der Waals surface area contributed by atoms with Crippen LogP contribution in [0.3, 0.4) is 0 Å². The number of H-pyrrole nitrogens is 1. The molecule has 2 aromatic carbocycles. The van der Waals surface area contributed by atoms with Gasteiger partial charge in [0.15, 0.2) is 5.69 Å². The summed E-state index contributed by atoms with van der Waals surface area (Å²) in [6.07, 6.45) is 0. The zero-order chi connectivity index (χ0) is 20.4. The van der Waals surface area contributed by atoms with Crippen molar-refractivity contribution < 1.29 is 19.1 Å². The van der Waals surface area contributed by atoms with Crippen molar-refractivity contribution in [3.05, 3.63) is 59.4 Å². The third-order valence-corrected chi connectivity index (χ3v) is 4.77. The highest BCUT2D eigenvalue weighted by molar-refractivity contribution is 6.30. The SMILES string of the molecule is CC(C(=O)N=Nc1c(O)[nH]c2ccc(C(Cl)C(N)=O)cc12)c1ccc(F)cc1. The minimum Gasteiger partial charge on any atom is -0.493 e. The van der Waals surface area contributed by atoms with Gasteiger partial charge in [0.2, 0.25) is 11.8 Å². The number of nitrogens with two attached hydrogens (primary N) is 1. The molecular formula is C19H16ClFN4O3. The molecule has 0 spiro atoms. The van der Waals surface area contributed by atoms with Crippen LogP contribution in [0, 0.1) is 5.82 Å². The van der Waals surface area contributed by atoms with Crippen molar-refractivity contribution >= 4 is 40.0 Å². The molecule has 4 N–H and O–H groups in total. The van der Waals surface area contributed by atoms with E-state index in [0.29, 0.717) is 22.0 Å². The summed E-state index contributed by atoms with van der Waals surface area (Å²) in [6, 6.07) is 10.2. The van der Waals surface area contributed by atoms with Gasteiger partial charge >= 0.3 is 0 Å². The highest BCUT2D eigenvalue weighted by Gasteiger charge is 2.19. The van der Waals surface area contributed by atoms with E-state index in [4.69, 9.17) is 17.3 Å². The molecule has 1 heterocycles. The van der Waals surface area contributed by atoms with Crippen LogP contribution >= 0.6 is 11.6 Å².